The second-order valence-electron chi connectivity index (χ2n) is 8.69. The second-order valence-corrected chi connectivity index (χ2v) is 8.69. The molecule has 3 aromatic heterocycles. The number of Topliss-reactive ketones (excluding diaryl/α,β-unsaturated/α-hetero) is 1. The van der Waals surface area contributed by atoms with Crippen LogP contribution in [0.25, 0.3) is 22.3 Å². The number of H-pyrrole nitrogens is 2. The van der Waals surface area contributed by atoms with E-state index in [1.54, 1.807) is 0 Å². The molecule has 1 saturated heterocycles. The number of benzene rings is 1. The minimum atomic E-state index is 0.0309. The number of nitrogens with one attached hydrogen (secondary N) is 2. The molecule has 0 radical (unpaired) electrons. The lowest BCUT2D eigenvalue weighted by molar-refractivity contribution is 0.0303. The highest BCUT2D eigenvalue weighted by atomic mass is 16.5. The van der Waals surface area contributed by atoms with Gasteiger partial charge in [0.1, 0.15) is 11.3 Å². The number of hydrogen-bond donors (Lipinski definition) is 2. The Kier molecular flexibility index (Phi) is 5.98. The summed E-state index contributed by atoms with van der Waals surface area (Å²) in [7, 11) is 0. The topological polar surface area (TPSA) is 104 Å². The molecule has 1 aromatic carbocycles. The third kappa shape index (κ3) is 4.36. The average Bonchev–Trinajstić information content (AvgIpc) is 3.45. The molecule has 5 rings (SSSR count). The average molecular weight is 458 g/mol. The van der Waals surface area contributed by atoms with Crippen molar-refractivity contribution in [1.29, 1.82) is 0 Å². The van der Waals surface area contributed by atoms with Crippen molar-refractivity contribution in [2.24, 2.45) is 0 Å². The Hall–Kier alpha value is -3.78. The van der Waals surface area contributed by atoms with Crippen molar-refractivity contribution < 1.29 is 14.3 Å². The zero-order valence-electron chi connectivity index (χ0n) is 19.4. The number of aryl methyl sites for hydroxylation is 2. The summed E-state index contributed by atoms with van der Waals surface area (Å²) in [6.07, 6.45) is 2.79. The van der Waals surface area contributed by atoms with Crippen molar-refractivity contribution in [1.82, 2.24) is 25.1 Å². The van der Waals surface area contributed by atoms with E-state index in [0.717, 1.165) is 39.1 Å². The molecule has 34 heavy (non-hydrogen) atoms. The van der Waals surface area contributed by atoms with Crippen LogP contribution in [-0.4, -0.2) is 63.1 Å². The van der Waals surface area contributed by atoms with Crippen LogP contribution >= 0.6 is 0 Å². The lowest BCUT2D eigenvalue weighted by Crippen LogP contribution is -2.40. The molecule has 2 N–H and O–H groups in total. The van der Waals surface area contributed by atoms with E-state index in [4.69, 9.17) is 4.74 Å². The molecule has 0 unspecified atom stereocenters. The number of amides is 1. The van der Waals surface area contributed by atoms with Gasteiger partial charge in [-0.3, -0.25) is 14.7 Å². The molecule has 0 spiro atoms. The van der Waals surface area contributed by atoms with Gasteiger partial charge in [0.05, 0.1) is 13.2 Å². The lowest BCUT2D eigenvalue weighted by atomic mass is 10.0. The van der Waals surface area contributed by atoms with Crippen molar-refractivity contribution in [2.45, 2.75) is 26.7 Å². The molecule has 0 aliphatic carbocycles. The summed E-state index contributed by atoms with van der Waals surface area (Å²) in [5.41, 5.74) is 6.73. The number of aromatic nitrogens is 4. The van der Waals surface area contributed by atoms with E-state index in [0.29, 0.717) is 50.4 Å². The van der Waals surface area contributed by atoms with Crippen LogP contribution in [-0.2, 0) is 11.2 Å². The summed E-state index contributed by atoms with van der Waals surface area (Å²) >= 11 is 0. The summed E-state index contributed by atoms with van der Waals surface area (Å²) in [5, 5.41) is 7.99. The van der Waals surface area contributed by atoms with Crippen LogP contribution in [0.2, 0.25) is 0 Å². The van der Waals surface area contributed by atoms with Crippen LogP contribution in [0.4, 0.5) is 0 Å². The Bertz CT molecular complexity index is 1350. The van der Waals surface area contributed by atoms with Crippen molar-refractivity contribution in [3.63, 3.8) is 0 Å². The van der Waals surface area contributed by atoms with Gasteiger partial charge in [-0.25, -0.2) is 4.98 Å². The van der Waals surface area contributed by atoms with Gasteiger partial charge in [-0.2, -0.15) is 5.10 Å². The molecular formula is C26H27N5O3. The molecule has 4 aromatic rings. The monoisotopic (exact) mass is 457 g/mol. The van der Waals surface area contributed by atoms with Crippen LogP contribution in [0.5, 0.6) is 0 Å². The first-order chi connectivity index (χ1) is 16.5. The third-order valence-corrected chi connectivity index (χ3v) is 6.43. The molecule has 1 aliphatic rings. The largest absolute Gasteiger partial charge is 0.378 e. The second kappa shape index (κ2) is 9.23. The van der Waals surface area contributed by atoms with E-state index in [2.05, 4.69) is 26.2 Å². The number of rotatable bonds is 6. The highest BCUT2D eigenvalue weighted by Crippen LogP contribution is 2.25. The summed E-state index contributed by atoms with van der Waals surface area (Å²) in [6, 6.07) is 11.7. The van der Waals surface area contributed by atoms with Crippen molar-refractivity contribution in [3.8, 4) is 11.3 Å². The van der Waals surface area contributed by atoms with Crippen molar-refractivity contribution in [2.75, 3.05) is 26.3 Å². The number of carbonyl (C=O) groups excluding carboxylic acids is 2. The van der Waals surface area contributed by atoms with Crippen LogP contribution in [0.15, 0.2) is 42.6 Å². The Morgan fingerprint density at radius 2 is 1.85 bits per heavy atom. The number of carbonyl (C=O) groups is 2. The van der Waals surface area contributed by atoms with Crippen LogP contribution in [0.1, 0.15) is 44.1 Å². The van der Waals surface area contributed by atoms with Gasteiger partial charge in [-0.15, -0.1) is 0 Å². The quantitative estimate of drug-likeness (QED) is 0.428. The minimum absolute atomic E-state index is 0.0309. The molecule has 4 heterocycles. The van der Waals surface area contributed by atoms with Gasteiger partial charge in [0.2, 0.25) is 0 Å². The summed E-state index contributed by atoms with van der Waals surface area (Å²) in [4.78, 5) is 34.9. The molecule has 1 amide bonds. The molecule has 0 bridgehead atoms. The van der Waals surface area contributed by atoms with E-state index < -0.39 is 0 Å². The number of aromatic amines is 2. The maximum Gasteiger partial charge on any atom is 0.254 e. The fourth-order valence-electron chi connectivity index (χ4n) is 4.23. The third-order valence-electron chi connectivity index (χ3n) is 6.43. The van der Waals surface area contributed by atoms with E-state index in [-0.39, 0.29) is 11.7 Å². The maximum absolute atomic E-state index is 12.7. The minimum Gasteiger partial charge on any atom is -0.378 e. The Balaban J connectivity index is 1.28. The Morgan fingerprint density at radius 3 is 2.56 bits per heavy atom. The van der Waals surface area contributed by atoms with Gasteiger partial charge in [-0.1, -0.05) is 12.1 Å². The summed E-state index contributed by atoms with van der Waals surface area (Å²) in [6.45, 7) is 6.25. The SMILES string of the molecule is Cc1[nH]nc(C(=O)CCc2cnc3[nH]c(-c4ccc(C(=O)N5CCOCC5)cc4)cc3c2)c1C. The van der Waals surface area contributed by atoms with Gasteiger partial charge < -0.3 is 14.6 Å². The highest BCUT2D eigenvalue weighted by molar-refractivity contribution is 5.96. The highest BCUT2D eigenvalue weighted by Gasteiger charge is 2.19. The van der Waals surface area contributed by atoms with E-state index in [1.807, 2.05) is 55.3 Å². The first-order valence-corrected chi connectivity index (χ1v) is 11.5. The molecular weight excluding hydrogens is 430 g/mol. The molecule has 1 fully saturated rings. The zero-order chi connectivity index (χ0) is 23.7. The lowest BCUT2D eigenvalue weighted by Gasteiger charge is -2.26. The molecule has 174 valence electrons. The first kappa shape index (κ1) is 22.0. The number of nitrogens with zero attached hydrogens (tertiary/aromatic N) is 3. The van der Waals surface area contributed by atoms with Crippen LogP contribution < -0.4 is 0 Å². The van der Waals surface area contributed by atoms with E-state index >= 15 is 0 Å². The fraction of sp³-hybridized carbons (Fsp3) is 0.308. The van der Waals surface area contributed by atoms with Gasteiger partial charge in [0.15, 0.2) is 5.78 Å². The number of morpholine rings is 1. The normalized spacial score (nSPS) is 14.0. The summed E-state index contributed by atoms with van der Waals surface area (Å²) in [5.74, 6) is 0.0657. The molecule has 0 atom stereocenters. The molecule has 8 heteroatoms. The summed E-state index contributed by atoms with van der Waals surface area (Å²) < 4.78 is 5.33. The van der Waals surface area contributed by atoms with Gasteiger partial charge in [0, 0.05) is 53.6 Å². The van der Waals surface area contributed by atoms with Crippen LogP contribution in [0.3, 0.4) is 0 Å². The molecule has 0 saturated carbocycles. The van der Waals surface area contributed by atoms with Crippen LogP contribution in [0, 0.1) is 13.8 Å². The smallest absolute Gasteiger partial charge is 0.254 e. The number of ether oxygens (including phenoxy) is 1. The van der Waals surface area contributed by atoms with E-state index in [9.17, 15) is 9.59 Å². The predicted octanol–water partition coefficient (Wildman–Crippen LogP) is 3.86. The van der Waals surface area contributed by atoms with Gasteiger partial charge in [0.25, 0.3) is 5.91 Å². The Labute approximate surface area is 197 Å². The molecule has 1 aliphatic heterocycles. The standard InChI is InChI=1S/C26H27N5O3/c1-16-17(2)29-30-24(16)23(32)8-3-18-13-21-14-22(28-25(21)27-15-18)19-4-6-20(7-5-19)26(33)31-9-11-34-12-10-31/h4-7,13-15H,3,8-12H2,1-2H3,(H,27,28)(H,29,30). The number of pyridine rings is 1. The number of ketones is 1. The first-order valence-electron chi connectivity index (χ1n) is 11.5. The van der Waals surface area contributed by atoms with E-state index in [1.165, 1.54) is 0 Å². The van der Waals surface area contributed by atoms with Crippen molar-refractivity contribution >= 4 is 22.7 Å². The number of fused-ring (bicyclic) bond motifs is 1. The predicted molar refractivity (Wildman–Crippen MR) is 129 cm³/mol. The zero-order valence-corrected chi connectivity index (χ0v) is 19.4. The maximum atomic E-state index is 12.7. The fourth-order valence-corrected chi connectivity index (χ4v) is 4.23. The van der Waals surface area contributed by atoms with Gasteiger partial charge in [-0.05, 0) is 55.7 Å². The van der Waals surface area contributed by atoms with Crippen molar-refractivity contribution in [3.05, 3.63) is 70.7 Å². The van der Waals surface area contributed by atoms with Gasteiger partial charge >= 0.3 is 0 Å². The number of hydrogen-bond acceptors (Lipinski definition) is 5. The Morgan fingerprint density at radius 1 is 1.09 bits per heavy atom. The molecule has 8 nitrogen and oxygen atoms in total.